The van der Waals surface area contributed by atoms with Gasteiger partial charge in [-0.05, 0) is 17.6 Å². The Hall–Kier alpha value is -4.23. The summed E-state index contributed by atoms with van der Waals surface area (Å²) in [5.74, 6) is -3.77. The number of aromatic nitrogens is 5. The highest BCUT2D eigenvalue weighted by Gasteiger charge is 2.54. The lowest BCUT2D eigenvalue weighted by Crippen LogP contribution is -2.71. The number of nitrogens with two attached hydrogens (primary N) is 1. The predicted octanol–water partition coefficient (Wildman–Crippen LogP) is 0.866. The number of carboxylic acids is 2. The molecule has 0 radical (unpaired) electrons. The molecule has 0 aromatic carbocycles. The highest BCUT2D eigenvalue weighted by Crippen LogP contribution is 2.41. The molecule has 3 aromatic heterocycles. The van der Waals surface area contributed by atoms with Crippen molar-refractivity contribution in [2.45, 2.75) is 36.2 Å². The van der Waals surface area contributed by atoms with E-state index in [4.69, 9.17) is 10.6 Å². The smallest absolute Gasteiger partial charge is 0.375 e. The lowest BCUT2D eigenvalue weighted by atomic mass is 10.0. The first-order chi connectivity index (χ1) is 20.0. The molecule has 2 amide bonds. The van der Waals surface area contributed by atoms with Crippen molar-refractivity contribution in [3.05, 3.63) is 39.9 Å². The molecule has 3 aromatic rings. The Morgan fingerprint density at radius 3 is 2.64 bits per heavy atom. The first kappa shape index (κ1) is 29.3. The number of amides is 2. The molecule has 42 heavy (non-hydrogen) atoms. The van der Waals surface area contributed by atoms with E-state index in [9.17, 15) is 29.4 Å². The average Bonchev–Trinajstić information content (AvgIpc) is 3.58. The predicted molar refractivity (Wildman–Crippen MR) is 152 cm³/mol. The number of nitrogens with one attached hydrogen (secondary N) is 1. The van der Waals surface area contributed by atoms with Crippen LogP contribution in [-0.4, -0.2) is 99.2 Å². The fraction of sp³-hybridized carbons (Fsp3) is 0.348. The van der Waals surface area contributed by atoms with Crippen LogP contribution in [0.1, 0.15) is 41.8 Å². The number of oxime groups is 1. The summed E-state index contributed by atoms with van der Waals surface area (Å²) in [6.07, 6.45) is 0. The van der Waals surface area contributed by atoms with Gasteiger partial charge in [-0.2, -0.15) is 9.50 Å². The molecular weight excluding hydrogens is 611 g/mol. The molecule has 1 fully saturated rings. The number of carbonyl (C=O) groups is 4. The van der Waals surface area contributed by atoms with Gasteiger partial charge in [-0.15, -0.1) is 40.0 Å². The van der Waals surface area contributed by atoms with E-state index in [1.807, 2.05) is 13.8 Å². The van der Waals surface area contributed by atoms with E-state index in [0.717, 1.165) is 16.2 Å². The van der Waals surface area contributed by atoms with Crippen LogP contribution >= 0.6 is 34.9 Å². The van der Waals surface area contributed by atoms with Crippen LogP contribution in [-0.2, 0) is 19.2 Å². The Balaban J connectivity index is 1.37. The monoisotopic (exact) mass is 633 g/mol. The minimum absolute atomic E-state index is 0.00675. The molecule has 5 heterocycles. The van der Waals surface area contributed by atoms with E-state index >= 15 is 0 Å². The average molecular weight is 634 g/mol. The summed E-state index contributed by atoms with van der Waals surface area (Å²) < 4.78 is 1.30. The van der Waals surface area contributed by atoms with Crippen LogP contribution in [0.25, 0.3) is 5.78 Å². The number of carboxylic acid groups (broad SMARTS) is 2. The zero-order valence-corrected chi connectivity index (χ0v) is 24.6. The Morgan fingerprint density at radius 1 is 1.26 bits per heavy atom. The van der Waals surface area contributed by atoms with Gasteiger partial charge in [0.25, 0.3) is 23.4 Å². The Kier molecular flexibility index (Phi) is 8.06. The largest absolute Gasteiger partial charge is 0.477 e. The summed E-state index contributed by atoms with van der Waals surface area (Å²) in [6.45, 7) is 3.84. The highest BCUT2D eigenvalue weighted by atomic mass is 32.2. The molecule has 1 saturated heterocycles. The number of nitrogen functional groups attached to an aromatic ring is 1. The molecule has 0 saturated carbocycles. The molecule has 0 aliphatic carbocycles. The third kappa shape index (κ3) is 5.37. The molecule has 0 unspecified atom stereocenters. The van der Waals surface area contributed by atoms with Crippen molar-refractivity contribution in [3.63, 3.8) is 0 Å². The third-order valence-electron chi connectivity index (χ3n) is 6.18. The number of anilines is 1. The molecule has 2 aliphatic heterocycles. The second-order valence-electron chi connectivity index (χ2n) is 9.23. The summed E-state index contributed by atoms with van der Waals surface area (Å²) in [6, 6.07) is 0.750. The van der Waals surface area contributed by atoms with E-state index in [2.05, 4.69) is 30.5 Å². The summed E-state index contributed by atoms with van der Waals surface area (Å²) in [4.78, 5) is 68.2. The number of aromatic carboxylic acids is 1. The van der Waals surface area contributed by atoms with Gasteiger partial charge >= 0.3 is 11.9 Å². The number of fused-ring (bicyclic) bond motifs is 2. The minimum Gasteiger partial charge on any atom is -0.477 e. The van der Waals surface area contributed by atoms with Crippen LogP contribution in [0, 0.1) is 0 Å². The highest BCUT2D eigenvalue weighted by molar-refractivity contribution is 8.01. The second-order valence-corrected chi connectivity index (χ2v) is 12.2. The van der Waals surface area contributed by atoms with Crippen LogP contribution in [0.3, 0.4) is 0 Å². The van der Waals surface area contributed by atoms with Crippen molar-refractivity contribution in [1.29, 1.82) is 0 Å². The standard InChI is InChI=1S/C23H23N9O7S3/c1-8(2)10-4-12(32-23(26-10)28-16(29-32)21(37)38)40-5-9-6-41-19-14(18(34)31(19)15(9)20(35)36)27-17(33)13(30-39-3)11-7-42-22(24)25-11/h4,7-8,14,19H,5-6H2,1-3H3,(H2,24,25)(H,27,33)(H,35,36)(H,37,38)/b30-13-/t14-,19-/m1/s1. The number of rotatable bonds is 10. The molecule has 5 rings (SSSR count). The van der Waals surface area contributed by atoms with E-state index in [1.165, 1.54) is 40.5 Å². The summed E-state index contributed by atoms with van der Waals surface area (Å²) >= 11 is 3.63. The number of carbonyl (C=O) groups excluding carboxylic acids is 2. The van der Waals surface area contributed by atoms with Crippen molar-refractivity contribution >= 4 is 75.2 Å². The van der Waals surface area contributed by atoms with Crippen LogP contribution in [0.5, 0.6) is 0 Å². The van der Waals surface area contributed by atoms with Gasteiger partial charge in [-0.25, -0.2) is 19.6 Å². The fourth-order valence-electron chi connectivity index (χ4n) is 4.21. The zero-order chi connectivity index (χ0) is 30.3. The van der Waals surface area contributed by atoms with Crippen molar-refractivity contribution in [1.82, 2.24) is 34.8 Å². The lowest BCUT2D eigenvalue weighted by molar-refractivity contribution is -0.150. The maximum atomic E-state index is 13.2. The van der Waals surface area contributed by atoms with Crippen LogP contribution in [0.4, 0.5) is 5.13 Å². The molecule has 0 spiro atoms. The maximum Gasteiger partial charge on any atom is 0.375 e. The number of β-lactam (4-membered cyclic amide) rings is 1. The summed E-state index contributed by atoms with van der Waals surface area (Å²) in [5, 5.41) is 31.3. The van der Waals surface area contributed by atoms with E-state index in [1.54, 1.807) is 6.07 Å². The molecule has 0 bridgehead atoms. The van der Waals surface area contributed by atoms with Gasteiger partial charge in [0.15, 0.2) is 10.8 Å². The molecule has 5 N–H and O–H groups in total. The van der Waals surface area contributed by atoms with Crippen molar-refractivity contribution in [3.8, 4) is 0 Å². The van der Waals surface area contributed by atoms with Crippen LogP contribution in [0.2, 0.25) is 0 Å². The van der Waals surface area contributed by atoms with Crippen molar-refractivity contribution in [2.75, 3.05) is 24.3 Å². The fourth-order valence-corrected chi connectivity index (χ4v) is 7.24. The minimum atomic E-state index is -1.30. The topological polar surface area (TPSA) is 228 Å². The number of thiazole rings is 1. The second kappa shape index (κ2) is 11.6. The molecule has 220 valence electrons. The first-order valence-corrected chi connectivity index (χ1v) is 15.1. The summed E-state index contributed by atoms with van der Waals surface area (Å²) in [7, 11) is 1.26. The van der Waals surface area contributed by atoms with Gasteiger partial charge < -0.3 is 26.1 Å². The number of aliphatic carboxylic acids is 1. The lowest BCUT2D eigenvalue weighted by Gasteiger charge is -2.49. The Morgan fingerprint density at radius 2 is 2.02 bits per heavy atom. The van der Waals surface area contributed by atoms with Gasteiger partial charge in [0.2, 0.25) is 0 Å². The van der Waals surface area contributed by atoms with Gasteiger partial charge in [-0.1, -0.05) is 19.0 Å². The molecule has 19 heteroatoms. The van der Waals surface area contributed by atoms with E-state index in [0.29, 0.717) is 16.3 Å². The Bertz CT molecular complexity index is 1680. The number of nitrogens with zero attached hydrogens (tertiary/aromatic N) is 7. The number of thioether (sulfide) groups is 2. The molecule has 2 aliphatic rings. The maximum absolute atomic E-state index is 13.2. The normalized spacial score (nSPS) is 18.7. The summed E-state index contributed by atoms with van der Waals surface area (Å²) in [5.41, 5.74) is 6.63. The van der Waals surface area contributed by atoms with Gasteiger partial charge in [-0.3, -0.25) is 14.5 Å². The number of hydrogen-bond donors (Lipinski definition) is 4. The van der Waals surface area contributed by atoms with Gasteiger partial charge in [0.05, 0.1) is 0 Å². The van der Waals surface area contributed by atoms with E-state index < -0.39 is 41.0 Å². The van der Waals surface area contributed by atoms with Crippen molar-refractivity contribution < 1.29 is 34.2 Å². The van der Waals surface area contributed by atoms with Crippen molar-refractivity contribution in [2.24, 2.45) is 5.16 Å². The van der Waals surface area contributed by atoms with Crippen LogP contribution < -0.4 is 11.1 Å². The first-order valence-electron chi connectivity index (χ1n) is 12.2. The number of hydrogen-bond acceptors (Lipinski definition) is 14. The van der Waals surface area contributed by atoms with Gasteiger partial charge in [0, 0.05) is 22.6 Å². The van der Waals surface area contributed by atoms with E-state index in [-0.39, 0.29) is 45.4 Å². The zero-order valence-electron chi connectivity index (χ0n) is 22.2. The molecule has 2 atom stereocenters. The van der Waals surface area contributed by atoms with Gasteiger partial charge in [0.1, 0.15) is 34.9 Å². The molecular formula is C23H23N9O7S3. The SMILES string of the molecule is CO/N=C(\C(=O)N[C@@H]1C(=O)N2C(C(=O)O)=C(CSc3cc(C(C)C)nc4nc(C(=O)O)nn34)CS[C@H]12)c1csc(N)n1. The third-order valence-corrected chi connectivity index (χ3v) is 9.27. The van der Waals surface area contributed by atoms with Crippen LogP contribution in [0.15, 0.2) is 32.9 Å². The molecule has 16 nitrogen and oxygen atoms in total. The Labute approximate surface area is 249 Å². The quantitative estimate of drug-likeness (QED) is 0.0799.